The van der Waals surface area contributed by atoms with E-state index in [4.69, 9.17) is 16.3 Å². The van der Waals surface area contributed by atoms with Crippen molar-refractivity contribution >= 4 is 23.2 Å². The van der Waals surface area contributed by atoms with Crippen LogP contribution in [0.2, 0.25) is 5.02 Å². The van der Waals surface area contributed by atoms with Gasteiger partial charge in [0.1, 0.15) is 17.5 Å². The summed E-state index contributed by atoms with van der Waals surface area (Å²) >= 11 is 5.94. The van der Waals surface area contributed by atoms with Crippen molar-refractivity contribution in [2.75, 3.05) is 5.32 Å². The van der Waals surface area contributed by atoms with E-state index in [1.807, 2.05) is 80.6 Å². The zero-order valence-corrected chi connectivity index (χ0v) is 17.3. The lowest BCUT2D eigenvalue weighted by Crippen LogP contribution is -2.42. The number of hydrogen-bond acceptors (Lipinski definition) is 3. The average Bonchev–Trinajstić information content (AvgIpc) is 2.72. The van der Waals surface area contributed by atoms with Crippen molar-refractivity contribution in [3.63, 3.8) is 0 Å². The molecule has 0 aromatic heterocycles. The lowest BCUT2D eigenvalue weighted by Gasteiger charge is -2.23. The summed E-state index contributed by atoms with van der Waals surface area (Å²) in [5.74, 6) is 1.59. The third kappa shape index (κ3) is 6.26. The highest BCUT2D eigenvalue weighted by Crippen LogP contribution is 2.22. The fourth-order valence-electron chi connectivity index (χ4n) is 2.90. The van der Waals surface area contributed by atoms with Gasteiger partial charge in [0.25, 0.3) is 0 Å². The molecule has 0 radical (unpaired) electrons. The van der Waals surface area contributed by atoms with Gasteiger partial charge in [-0.2, -0.15) is 0 Å². The number of hydrogen-bond donors (Lipinski definition) is 2. The second-order valence-electron chi connectivity index (χ2n) is 7.15. The highest BCUT2D eigenvalue weighted by atomic mass is 35.5. The van der Waals surface area contributed by atoms with Crippen LogP contribution in [0.15, 0.2) is 78.9 Å². The Balaban J connectivity index is 1.60. The molecule has 4 nitrogen and oxygen atoms in total. The zero-order chi connectivity index (χ0) is 20.6. The Kier molecular flexibility index (Phi) is 7.14. The van der Waals surface area contributed by atoms with E-state index in [9.17, 15) is 4.79 Å². The summed E-state index contributed by atoms with van der Waals surface area (Å²) in [7, 11) is 0. The maximum Gasteiger partial charge on any atom is 0.243 e. The molecule has 29 heavy (non-hydrogen) atoms. The number of para-hydroxylation sites is 1. The van der Waals surface area contributed by atoms with E-state index in [2.05, 4.69) is 10.6 Å². The van der Waals surface area contributed by atoms with Crippen molar-refractivity contribution in [2.24, 2.45) is 5.92 Å². The summed E-state index contributed by atoms with van der Waals surface area (Å²) < 4.78 is 5.86. The van der Waals surface area contributed by atoms with Crippen LogP contribution in [0.3, 0.4) is 0 Å². The van der Waals surface area contributed by atoms with E-state index < -0.39 is 0 Å². The molecular weight excluding hydrogens is 384 g/mol. The van der Waals surface area contributed by atoms with Gasteiger partial charge in [-0.1, -0.05) is 55.8 Å². The molecule has 0 heterocycles. The Bertz CT molecular complexity index is 927. The van der Waals surface area contributed by atoms with Gasteiger partial charge in [0.15, 0.2) is 0 Å². The van der Waals surface area contributed by atoms with Crippen LogP contribution in [0.4, 0.5) is 5.69 Å². The Morgan fingerprint density at radius 1 is 0.931 bits per heavy atom. The molecule has 0 bridgehead atoms. The van der Waals surface area contributed by atoms with Crippen LogP contribution < -0.4 is 15.4 Å². The molecule has 3 aromatic carbocycles. The van der Waals surface area contributed by atoms with Crippen LogP contribution in [0.25, 0.3) is 0 Å². The fourth-order valence-corrected chi connectivity index (χ4v) is 3.03. The molecule has 5 heteroatoms. The van der Waals surface area contributed by atoms with Crippen LogP contribution >= 0.6 is 11.6 Å². The molecule has 0 saturated heterocycles. The normalized spacial score (nSPS) is 11.7. The number of anilines is 1. The standard InChI is InChI=1S/C24H25ClN2O2/c1-17(2)23(27-20-13-11-19(25)12-14-20)24(28)26-16-18-7-6-10-22(15-18)29-21-8-4-3-5-9-21/h3-15,17,23,27H,16H2,1-2H3,(H,26,28). The summed E-state index contributed by atoms with van der Waals surface area (Å²) in [6.45, 7) is 4.46. The van der Waals surface area contributed by atoms with Crippen LogP contribution in [0.5, 0.6) is 11.5 Å². The lowest BCUT2D eigenvalue weighted by atomic mass is 10.0. The number of amides is 1. The Hall–Kier alpha value is -2.98. The molecule has 3 rings (SSSR count). The number of halogens is 1. The van der Waals surface area contributed by atoms with E-state index in [1.165, 1.54) is 0 Å². The van der Waals surface area contributed by atoms with E-state index in [0.29, 0.717) is 11.6 Å². The minimum atomic E-state index is -0.347. The van der Waals surface area contributed by atoms with Gasteiger partial charge in [0.05, 0.1) is 0 Å². The van der Waals surface area contributed by atoms with Gasteiger partial charge in [-0.25, -0.2) is 0 Å². The lowest BCUT2D eigenvalue weighted by molar-refractivity contribution is -0.122. The SMILES string of the molecule is CC(C)C(Nc1ccc(Cl)cc1)C(=O)NCc1cccc(Oc2ccccc2)c1. The molecule has 0 fully saturated rings. The maximum absolute atomic E-state index is 12.8. The van der Waals surface area contributed by atoms with E-state index in [1.54, 1.807) is 12.1 Å². The molecular formula is C24H25ClN2O2. The smallest absolute Gasteiger partial charge is 0.243 e. The first kappa shape index (κ1) is 20.7. The second kappa shape index (κ2) is 9.99. The van der Waals surface area contributed by atoms with Crippen molar-refractivity contribution < 1.29 is 9.53 Å². The maximum atomic E-state index is 12.8. The van der Waals surface area contributed by atoms with Gasteiger partial charge in [0, 0.05) is 17.3 Å². The van der Waals surface area contributed by atoms with Gasteiger partial charge >= 0.3 is 0 Å². The predicted octanol–water partition coefficient (Wildman–Crippen LogP) is 5.89. The Morgan fingerprint density at radius 3 is 2.31 bits per heavy atom. The summed E-state index contributed by atoms with van der Waals surface area (Å²) in [6, 6.07) is 24.3. The average molecular weight is 409 g/mol. The van der Waals surface area contributed by atoms with Crippen LogP contribution in [-0.2, 0) is 11.3 Å². The number of rotatable bonds is 8. The zero-order valence-electron chi connectivity index (χ0n) is 16.6. The first-order valence-corrected chi connectivity index (χ1v) is 10.0. The first-order chi connectivity index (χ1) is 14.0. The highest BCUT2D eigenvalue weighted by Gasteiger charge is 2.21. The first-order valence-electron chi connectivity index (χ1n) is 9.63. The molecule has 1 atom stereocenters. The third-order valence-electron chi connectivity index (χ3n) is 4.46. The minimum Gasteiger partial charge on any atom is -0.457 e. The Morgan fingerprint density at radius 2 is 1.62 bits per heavy atom. The molecule has 2 N–H and O–H groups in total. The van der Waals surface area contributed by atoms with Gasteiger partial charge in [-0.15, -0.1) is 0 Å². The van der Waals surface area contributed by atoms with Crippen molar-refractivity contribution in [2.45, 2.75) is 26.4 Å². The third-order valence-corrected chi connectivity index (χ3v) is 4.71. The van der Waals surface area contributed by atoms with Crippen LogP contribution in [0.1, 0.15) is 19.4 Å². The summed E-state index contributed by atoms with van der Waals surface area (Å²) in [5.41, 5.74) is 1.84. The molecule has 1 amide bonds. The molecule has 0 aliphatic heterocycles. The topological polar surface area (TPSA) is 50.4 Å². The molecule has 1 unspecified atom stereocenters. The van der Waals surface area contributed by atoms with Gasteiger partial charge in [-0.3, -0.25) is 4.79 Å². The number of ether oxygens (including phenoxy) is 1. The fraction of sp³-hybridized carbons (Fsp3) is 0.208. The molecule has 150 valence electrons. The number of carbonyl (C=O) groups excluding carboxylic acids is 1. The summed E-state index contributed by atoms with van der Waals surface area (Å²) in [6.07, 6.45) is 0. The molecule has 0 spiro atoms. The van der Waals surface area contributed by atoms with E-state index in [-0.39, 0.29) is 17.9 Å². The summed E-state index contributed by atoms with van der Waals surface area (Å²) in [5, 5.41) is 6.98. The molecule has 0 saturated carbocycles. The van der Waals surface area contributed by atoms with Crippen LogP contribution in [0, 0.1) is 5.92 Å². The number of carbonyl (C=O) groups is 1. The number of benzene rings is 3. The van der Waals surface area contributed by atoms with Gasteiger partial charge in [0.2, 0.25) is 5.91 Å². The Labute approximate surface area is 176 Å². The van der Waals surface area contributed by atoms with E-state index in [0.717, 1.165) is 22.7 Å². The molecule has 0 aliphatic rings. The highest BCUT2D eigenvalue weighted by molar-refractivity contribution is 6.30. The second-order valence-corrected chi connectivity index (χ2v) is 7.59. The van der Waals surface area contributed by atoms with Crippen molar-refractivity contribution in [1.29, 1.82) is 0 Å². The number of nitrogens with one attached hydrogen (secondary N) is 2. The molecule has 3 aromatic rings. The van der Waals surface area contributed by atoms with Crippen molar-refractivity contribution in [1.82, 2.24) is 5.32 Å². The van der Waals surface area contributed by atoms with Crippen LogP contribution in [-0.4, -0.2) is 11.9 Å². The predicted molar refractivity (Wildman–Crippen MR) is 119 cm³/mol. The minimum absolute atomic E-state index is 0.0515. The van der Waals surface area contributed by atoms with Crippen molar-refractivity contribution in [3.05, 3.63) is 89.4 Å². The van der Waals surface area contributed by atoms with Gasteiger partial charge < -0.3 is 15.4 Å². The molecule has 0 aliphatic carbocycles. The monoisotopic (exact) mass is 408 g/mol. The largest absolute Gasteiger partial charge is 0.457 e. The van der Waals surface area contributed by atoms with Gasteiger partial charge in [-0.05, 0) is 60.0 Å². The quantitative estimate of drug-likeness (QED) is 0.489. The summed E-state index contributed by atoms with van der Waals surface area (Å²) in [4.78, 5) is 12.8. The van der Waals surface area contributed by atoms with E-state index >= 15 is 0 Å². The van der Waals surface area contributed by atoms with Crippen molar-refractivity contribution in [3.8, 4) is 11.5 Å².